The molecular weight excluding hydrogens is 474 g/mol. The molecule has 3 rings (SSSR count). The second-order valence-corrected chi connectivity index (χ2v) is 6.69. The van der Waals surface area contributed by atoms with Crippen LogP contribution in [-0.2, 0) is 4.79 Å². The van der Waals surface area contributed by atoms with Gasteiger partial charge in [-0.1, -0.05) is 26.3 Å². The van der Waals surface area contributed by atoms with Gasteiger partial charge in [0.1, 0.15) is 0 Å². The Morgan fingerprint density at radius 3 is 2.50 bits per heavy atom. The number of hydrogen-bond acceptors (Lipinski definition) is 1. The number of halogens is 2. The summed E-state index contributed by atoms with van der Waals surface area (Å²) in [6, 6.07) is 0. The van der Waals surface area contributed by atoms with E-state index in [2.05, 4.69) is 58.0 Å². The van der Waals surface area contributed by atoms with E-state index in [-0.39, 0.29) is 0 Å². The van der Waals surface area contributed by atoms with E-state index in [1.165, 1.54) is 18.4 Å². The maximum Gasteiger partial charge on any atom is 0.156 e. The van der Waals surface area contributed by atoms with Gasteiger partial charge in [-0.05, 0) is 66.6 Å². The maximum atomic E-state index is 11.6. The summed E-state index contributed by atoms with van der Waals surface area (Å²) in [6.45, 7) is 7.25. The Bertz CT molecular complexity index is 450. The third-order valence-corrected chi connectivity index (χ3v) is 5.61. The van der Waals surface area contributed by atoms with Crippen molar-refractivity contribution in [3.8, 4) is 0 Å². The quantitative estimate of drug-likeness (QED) is 0.371. The van der Waals surface area contributed by atoms with E-state index >= 15 is 0 Å². The van der Waals surface area contributed by atoms with Crippen molar-refractivity contribution in [3.63, 3.8) is 0 Å². The van der Waals surface area contributed by atoms with Crippen molar-refractivity contribution < 1.29 is 4.79 Å². The Kier molecular flexibility index (Phi) is 6.15. The van der Waals surface area contributed by atoms with Crippen molar-refractivity contribution in [2.75, 3.05) is 0 Å². The van der Waals surface area contributed by atoms with Gasteiger partial charge < -0.3 is 0 Å². The lowest BCUT2D eigenvalue weighted by atomic mass is 9.60. The maximum absolute atomic E-state index is 11.6. The number of carbonyl (C=O) groups excluding carboxylic acids is 1. The Morgan fingerprint density at radius 2 is 1.80 bits per heavy atom. The normalized spacial score (nSPS) is 36.5. The van der Waals surface area contributed by atoms with Crippen LogP contribution in [0.3, 0.4) is 0 Å². The van der Waals surface area contributed by atoms with Crippen LogP contribution in [0.2, 0.25) is 0 Å². The largest absolute Gasteiger partial charge is 0.295 e. The predicted octanol–water partition coefficient (Wildman–Crippen LogP) is 6.07. The van der Waals surface area contributed by atoms with Gasteiger partial charge in [-0.15, -0.1) is 0 Å². The summed E-state index contributed by atoms with van der Waals surface area (Å²) in [5.74, 6) is 3.54. The molecule has 3 unspecified atom stereocenters. The molecule has 1 fully saturated rings. The van der Waals surface area contributed by atoms with Gasteiger partial charge in [0.15, 0.2) is 5.78 Å². The lowest BCUT2D eigenvalue weighted by Crippen LogP contribution is -2.34. The minimum atomic E-state index is 0.345. The molecule has 0 bridgehead atoms. The van der Waals surface area contributed by atoms with E-state index in [0.29, 0.717) is 5.78 Å². The van der Waals surface area contributed by atoms with Gasteiger partial charge in [-0.25, -0.2) is 0 Å². The van der Waals surface area contributed by atoms with Crippen LogP contribution in [-0.4, -0.2) is 5.78 Å². The third-order valence-electron chi connectivity index (χ3n) is 5.61. The van der Waals surface area contributed by atoms with Crippen molar-refractivity contribution >= 4 is 43.0 Å². The van der Waals surface area contributed by atoms with E-state index in [4.69, 9.17) is 0 Å². The Morgan fingerprint density at radius 1 is 1.10 bits per heavy atom. The van der Waals surface area contributed by atoms with Gasteiger partial charge in [0.2, 0.25) is 0 Å². The van der Waals surface area contributed by atoms with Crippen LogP contribution >= 0.6 is 37.2 Å². The van der Waals surface area contributed by atoms with E-state index in [0.717, 1.165) is 42.9 Å². The molecule has 3 aliphatic carbocycles. The molecule has 0 aromatic rings. The summed E-state index contributed by atoms with van der Waals surface area (Å²) in [7, 11) is 0. The number of carbonyl (C=O) groups is 1. The molecule has 0 amide bonds. The summed E-state index contributed by atoms with van der Waals surface area (Å²) >= 11 is 4.24. The summed E-state index contributed by atoms with van der Waals surface area (Å²) in [4.78, 5) is 11.6. The van der Waals surface area contributed by atoms with Crippen molar-refractivity contribution in [2.45, 2.75) is 52.9 Å². The molecule has 1 saturated carbocycles. The van der Waals surface area contributed by atoms with Gasteiger partial charge >= 0.3 is 0 Å². The molecule has 4 atom stereocenters. The van der Waals surface area contributed by atoms with Crippen LogP contribution in [0.4, 0.5) is 0 Å². The first-order valence-electron chi connectivity index (χ1n) is 7.69. The molecule has 0 heterocycles. The Hall–Kier alpha value is 0.610. The number of rotatable bonds is 0. The molecule has 3 heteroatoms. The summed E-state index contributed by atoms with van der Waals surface area (Å²) in [5.41, 5.74) is 4.69. The fourth-order valence-electron chi connectivity index (χ4n) is 4.51. The Labute approximate surface area is 146 Å². The fraction of sp³-hybridized carbons (Fsp3) is 0.706. The van der Waals surface area contributed by atoms with E-state index in [9.17, 15) is 4.79 Å². The van der Waals surface area contributed by atoms with Crippen LogP contribution in [0.25, 0.3) is 0 Å². The second kappa shape index (κ2) is 7.25. The molecular formula is C17H24I2O. The third kappa shape index (κ3) is 3.18. The molecule has 20 heavy (non-hydrogen) atoms. The zero-order chi connectivity index (χ0) is 14.9. The minimum absolute atomic E-state index is 0.345. The zero-order valence-corrected chi connectivity index (χ0v) is 16.9. The van der Waals surface area contributed by atoms with Crippen LogP contribution < -0.4 is 0 Å². The predicted molar refractivity (Wildman–Crippen MR) is 102 cm³/mol. The SMILES string of the molecule is CC1C[C@H](C)C2=C3CCC(=O)C=C3CCC2C1C.II. The Balaban J connectivity index is 0.000000704. The zero-order valence-electron chi connectivity index (χ0n) is 12.6. The molecule has 0 spiro atoms. The summed E-state index contributed by atoms with van der Waals surface area (Å²) in [5, 5.41) is 0. The van der Waals surface area contributed by atoms with Crippen molar-refractivity contribution in [3.05, 3.63) is 22.8 Å². The fourth-order valence-corrected chi connectivity index (χ4v) is 4.51. The van der Waals surface area contributed by atoms with Gasteiger partial charge in [0, 0.05) is 43.7 Å². The van der Waals surface area contributed by atoms with Gasteiger partial charge in [0.25, 0.3) is 0 Å². The van der Waals surface area contributed by atoms with Gasteiger partial charge in [-0.3, -0.25) is 4.79 Å². The number of allylic oxidation sites excluding steroid dienone is 4. The van der Waals surface area contributed by atoms with Crippen LogP contribution in [0, 0.1) is 23.7 Å². The highest BCUT2D eigenvalue weighted by atomic mass is 128. The molecule has 0 N–H and O–H groups in total. The number of hydrogen-bond donors (Lipinski definition) is 0. The standard InChI is InChI=1S/C17H24O.I2/c1-10-8-11(2)17-15(12(10)3)6-4-13-9-14(18)5-7-16(13)17;1-2/h9-12,15H,4-8H2,1-3H3;/t10?,11-,12?,15?;/m0./s1. The highest BCUT2D eigenvalue weighted by molar-refractivity contribution is 15.0. The second-order valence-electron chi connectivity index (χ2n) is 6.69. The number of fused-ring (bicyclic) bond motifs is 2. The molecule has 112 valence electrons. The van der Waals surface area contributed by atoms with Gasteiger partial charge in [-0.2, -0.15) is 0 Å². The molecule has 0 aliphatic heterocycles. The van der Waals surface area contributed by atoms with Crippen molar-refractivity contribution in [2.24, 2.45) is 23.7 Å². The number of ketones is 1. The average molecular weight is 498 g/mol. The highest BCUT2D eigenvalue weighted by Gasteiger charge is 2.39. The molecule has 0 radical (unpaired) electrons. The average Bonchev–Trinajstić information content (AvgIpc) is 2.45. The van der Waals surface area contributed by atoms with Crippen LogP contribution in [0.15, 0.2) is 22.8 Å². The summed E-state index contributed by atoms with van der Waals surface area (Å²) < 4.78 is 0. The smallest absolute Gasteiger partial charge is 0.156 e. The van der Waals surface area contributed by atoms with Crippen LogP contribution in [0.1, 0.15) is 52.9 Å². The molecule has 1 nitrogen and oxygen atoms in total. The lowest BCUT2D eigenvalue weighted by molar-refractivity contribution is -0.114. The monoisotopic (exact) mass is 498 g/mol. The van der Waals surface area contributed by atoms with E-state index < -0.39 is 0 Å². The van der Waals surface area contributed by atoms with E-state index in [1.807, 2.05) is 6.08 Å². The molecule has 0 aromatic heterocycles. The van der Waals surface area contributed by atoms with Crippen LogP contribution in [0.5, 0.6) is 0 Å². The lowest BCUT2D eigenvalue weighted by Gasteiger charge is -2.45. The highest BCUT2D eigenvalue weighted by Crippen LogP contribution is 2.51. The summed E-state index contributed by atoms with van der Waals surface area (Å²) in [6.07, 6.45) is 7.44. The van der Waals surface area contributed by atoms with Crippen molar-refractivity contribution in [1.82, 2.24) is 0 Å². The topological polar surface area (TPSA) is 17.1 Å². The van der Waals surface area contributed by atoms with Crippen molar-refractivity contribution in [1.29, 1.82) is 0 Å². The van der Waals surface area contributed by atoms with E-state index in [1.54, 1.807) is 11.1 Å². The minimum Gasteiger partial charge on any atom is -0.295 e. The molecule has 0 aromatic carbocycles. The van der Waals surface area contributed by atoms with Gasteiger partial charge in [0.05, 0.1) is 0 Å². The first kappa shape index (κ1) is 17.0. The molecule has 0 saturated heterocycles. The first-order valence-corrected chi connectivity index (χ1v) is 14.0. The first-order chi connectivity index (χ1) is 9.58. The molecule has 3 aliphatic rings.